The molecule has 1 heterocycles. The zero-order valence-electron chi connectivity index (χ0n) is 11.7. The molecule has 0 saturated heterocycles. The van der Waals surface area contributed by atoms with Gasteiger partial charge in [0, 0.05) is 36.7 Å². The van der Waals surface area contributed by atoms with Crippen molar-refractivity contribution < 1.29 is 28.2 Å². The second-order valence-corrected chi connectivity index (χ2v) is 5.02. The summed E-state index contributed by atoms with van der Waals surface area (Å²) in [5.74, 6) is -3.90. The molecule has 0 aromatic heterocycles. The van der Waals surface area contributed by atoms with Crippen molar-refractivity contribution >= 4 is 11.9 Å². The Balaban J connectivity index is 2.20. The molecule has 1 aromatic rings. The lowest BCUT2D eigenvalue weighted by Gasteiger charge is -2.16. The lowest BCUT2D eigenvalue weighted by atomic mass is 10.1. The van der Waals surface area contributed by atoms with Crippen LogP contribution in [0.15, 0.2) is 6.07 Å². The molecule has 114 valence electrons. The molecule has 1 N–H and O–H groups in total. The second kappa shape index (κ2) is 5.67. The Labute approximate surface area is 120 Å². The van der Waals surface area contributed by atoms with Gasteiger partial charge in [-0.1, -0.05) is 6.92 Å². The standard InChI is InChI=1S/C14H15F2NO4/c1-7(14(19)20)3-12(18)17-5-8-9(6-17)13(16)11(21-2)4-10(8)15/h4,7H,3,5-6H2,1-2H3,(H,19,20)/t7-/m0/s1. The van der Waals surface area contributed by atoms with Crippen LogP contribution in [0.3, 0.4) is 0 Å². The van der Waals surface area contributed by atoms with Crippen molar-refractivity contribution in [2.24, 2.45) is 5.92 Å². The zero-order valence-corrected chi connectivity index (χ0v) is 11.7. The number of amides is 1. The smallest absolute Gasteiger partial charge is 0.306 e. The third-order valence-corrected chi connectivity index (χ3v) is 3.56. The molecule has 2 rings (SSSR count). The van der Waals surface area contributed by atoms with Crippen LogP contribution in [0.4, 0.5) is 8.78 Å². The van der Waals surface area contributed by atoms with E-state index >= 15 is 0 Å². The Morgan fingerprint density at radius 1 is 1.38 bits per heavy atom. The van der Waals surface area contributed by atoms with Gasteiger partial charge in [0.15, 0.2) is 11.6 Å². The number of hydrogen-bond donors (Lipinski definition) is 1. The Kier molecular flexibility index (Phi) is 4.11. The molecule has 0 bridgehead atoms. The molecular formula is C14H15F2NO4. The van der Waals surface area contributed by atoms with Crippen LogP contribution >= 0.6 is 0 Å². The average Bonchev–Trinajstić information content (AvgIpc) is 2.88. The molecule has 1 aromatic carbocycles. The first-order valence-electron chi connectivity index (χ1n) is 6.39. The van der Waals surface area contributed by atoms with Crippen molar-refractivity contribution in [1.82, 2.24) is 4.90 Å². The maximum Gasteiger partial charge on any atom is 0.306 e. The van der Waals surface area contributed by atoms with Crippen molar-refractivity contribution in [3.63, 3.8) is 0 Å². The van der Waals surface area contributed by atoms with Crippen molar-refractivity contribution in [2.45, 2.75) is 26.4 Å². The van der Waals surface area contributed by atoms with Gasteiger partial charge in [0.25, 0.3) is 0 Å². The molecule has 0 spiro atoms. The first-order chi connectivity index (χ1) is 9.85. The third-order valence-electron chi connectivity index (χ3n) is 3.56. The van der Waals surface area contributed by atoms with Crippen molar-refractivity contribution in [1.29, 1.82) is 0 Å². The van der Waals surface area contributed by atoms with Crippen LogP contribution in [0.2, 0.25) is 0 Å². The molecular weight excluding hydrogens is 284 g/mol. The molecule has 0 unspecified atom stereocenters. The minimum Gasteiger partial charge on any atom is -0.494 e. The highest BCUT2D eigenvalue weighted by Gasteiger charge is 2.31. The van der Waals surface area contributed by atoms with E-state index in [2.05, 4.69) is 0 Å². The number of nitrogens with zero attached hydrogens (tertiary/aromatic N) is 1. The molecule has 21 heavy (non-hydrogen) atoms. The first kappa shape index (κ1) is 15.2. The van der Waals surface area contributed by atoms with Crippen LogP contribution < -0.4 is 4.74 Å². The van der Waals surface area contributed by atoms with Gasteiger partial charge >= 0.3 is 5.97 Å². The predicted molar refractivity (Wildman–Crippen MR) is 68.6 cm³/mol. The highest BCUT2D eigenvalue weighted by Crippen LogP contribution is 2.33. The highest BCUT2D eigenvalue weighted by atomic mass is 19.1. The number of ether oxygens (including phenoxy) is 1. The molecule has 1 amide bonds. The fourth-order valence-electron chi connectivity index (χ4n) is 2.27. The van der Waals surface area contributed by atoms with Crippen molar-refractivity contribution in [3.05, 3.63) is 28.8 Å². The van der Waals surface area contributed by atoms with E-state index in [1.807, 2.05) is 0 Å². The SMILES string of the molecule is COc1cc(F)c2c(c1F)CN(C(=O)C[C@H](C)C(=O)O)C2. The molecule has 0 saturated carbocycles. The van der Waals surface area contributed by atoms with E-state index in [4.69, 9.17) is 9.84 Å². The summed E-state index contributed by atoms with van der Waals surface area (Å²) in [6, 6.07) is 0.946. The monoisotopic (exact) mass is 299 g/mol. The number of methoxy groups -OCH3 is 1. The summed E-state index contributed by atoms with van der Waals surface area (Å²) in [6.07, 6.45) is -0.205. The molecule has 7 heteroatoms. The molecule has 0 radical (unpaired) electrons. The molecule has 0 aliphatic carbocycles. The van der Waals surface area contributed by atoms with Gasteiger partial charge in [0.2, 0.25) is 5.91 Å². The summed E-state index contributed by atoms with van der Waals surface area (Å²) in [5, 5.41) is 8.80. The van der Waals surface area contributed by atoms with Gasteiger partial charge in [-0.15, -0.1) is 0 Å². The fraction of sp³-hybridized carbons (Fsp3) is 0.429. The van der Waals surface area contributed by atoms with Gasteiger partial charge < -0.3 is 14.7 Å². The van der Waals surface area contributed by atoms with Gasteiger partial charge in [0.1, 0.15) is 5.82 Å². The van der Waals surface area contributed by atoms with E-state index in [1.54, 1.807) is 0 Å². The van der Waals surface area contributed by atoms with Gasteiger partial charge in [-0.2, -0.15) is 0 Å². The third kappa shape index (κ3) is 2.81. The Bertz CT molecular complexity index is 603. The number of carboxylic acid groups (broad SMARTS) is 1. The molecule has 1 aliphatic rings. The number of rotatable bonds is 4. The minimum atomic E-state index is -1.08. The van der Waals surface area contributed by atoms with Crippen LogP contribution in [-0.2, 0) is 22.7 Å². The first-order valence-corrected chi connectivity index (χ1v) is 6.39. The van der Waals surface area contributed by atoms with E-state index in [1.165, 1.54) is 18.9 Å². The Morgan fingerprint density at radius 3 is 2.57 bits per heavy atom. The zero-order chi connectivity index (χ0) is 15.7. The lowest BCUT2D eigenvalue weighted by molar-refractivity contribution is -0.145. The molecule has 1 atom stereocenters. The number of halogens is 2. The van der Waals surface area contributed by atoms with E-state index in [-0.39, 0.29) is 36.4 Å². The normalized spacial score (nSPS) is 14.8. The molecule has 1 aliphatic heterocycles. The van der Waals surface area contributed by atoms with Gasteiger partial charge in [-0.05, 0) is 0 Å². The van der Waals surface area contributed by atoms with E-state index < -0.39 is 29.4 Å². The van der Waals surface area contributed by atoms with E-state index in [0.717, 1.165) is 6.07 Å². The average molecular weight is 299 g/mol. The summed E-state index contributed by atoms with van der Waals surface area (Å²) in [6.45, 7) is 1.27. The highest BCUT2D eigenvalue weighted by molar-refractivity contribution is 5.82. The minimum absolute atomic E-state index is 0.0622. The number of carbonyl (C=O) groups excluding carboxylic acids is 1. The maximum atomic E-state index is 14.1. The van der Waals surface area contributed by atoms with Gasteiger partial charge in [0.05, 0.1) is 13.0 Å². The summed E-state index contributed by atoms with van der Waals surface area (Å²) >= 11 is 0. The predicted octanol–water partition coefficient (Wildman–Crippen LogP) is 1.93. The van der Waals surface area contributed by atoms with Crippen LogP contribution in [-0.4, -0.2) is 29.0 Å². The Hall–Kier alpha value is -2.18. The van der Waals surface area contributed by atoms with Gasteiger partial charge in [-0.3, -0.25) is 9.59 Å². The maximum absolute atomic E-state index is 14.1. The fourth-order valence-corrected chi connectivity index (χ4v) is 2.27. The van der Waals surface area contributed by atoms with Gasteiger partial charge in [-0.25, -0.2) is 8.78 Å². The second-order valence-electron chi connectivity index (χ2n) is 5.02. The molecule has 0 fully saturated rings. The van der Waals surface area contributed by atoms with Crippen LogP contribution in [0.1, 0.15) is 24.5 Å². The van der Waals surface area contributed by atoms with E-state index in [0.29, 0.717) is 0 Å². The number of benzene rings is 1. The molecule has 5 nitrogen and oxygen atoms in total. The number of carboxylic acids is 1. The van der Waals surface area contributed by atoms with Crippen LogP contribution in [0.5, 0.6) is 5.75 Å². The van der Waals surface area contributed by atoms with Crippen molar-refractivity contribution in [3.8, 4) is 5.75 Å². The van der Waals surface area contributed by atoms with Crippen molar-refractivity contribution in [2.75, 3.05) is 7.11 Å². The Morgan fingerprint density at radius 2 is 2.00 bits per heavy atom. The number of aliphatic carboxylic acids is 1. The topological polar surface area (TPSA) is 66.8 Å². The van der Waals surface area contributed by atoms with Crippen LogP contribution in [0.25, 0.3) is 0 Å². The number of hydrogen-bond acceptors (Lipinski definition) is 3. The lowest BCUT2D eigenvalue weighted by Crippen LogP contribution is -2.28. The summed E-state index contributed by atoms with van der Waals surface area (Å²) in [4.78, 5) is 24.0. The summed E-state index contributed by atoms with van der Waals surface area (Å²) < 4.78 is 32.7. The van der Waals surface area contributed by atoms with Crippen LogP contribution in [0, 0.1) is 17.6 Å². The number of carbonyl (C=O) groups is 2. The largest absolute Gasteiger partial charge is 0.494 e. The number of fused-ring (bicyclic) bond motifs is 1. The quantitative estimate of drug-likeness (QED) is 0.922. The summed E-state index contributed by atoms with van der Waals surface area (Å²) in [5.41, 5.74) is 0.202. The summed E-state index contributed by atoms with van der Waals surface area (Å²) in [7, 11) is 1.23. The van der Waals surface area contributed by atoms with E-state index in [9.17, 15) is 18.4 Å².